The van der Waals surface area contributed by atoms with Gasteiger partial charge in [-0.05, 0) is 19.4 Å². The SMILES string of the molecule is CCn1c(CN)cc(=O)n2nc(-c3ccccc3C)cc12. The average Bonchev–Trinajstić information content (AvgIpc) is 2.93. The van der Waals surface area contributed by atoms with Gasteiger partial charge in [0.1, 0.15) is 5.65 Å². The zero-order chi connectivity index (χ0) is 15.0. The minimum absolute atomic E-state index is 0.144. The third kappa shape index (κ3) is 2.15. The Labute approximate surface area is 122 Å². The van der Waals surface area contributed by atoms with Crippen molar-refractivity contribution in [3.8, 4) is 11.3 Å². The van der Waals surface area contributed by atoms with Gasteiger partial charge in [-0.15, -0.1) is 0 Å². The zero-order valence-corrected chi connectivity index (χ0v) is 12.2. The van der Waals surface area contributed by atoms with Crippen LogP contribution in [-0.4, -0.2) is 14.2 Å². The molecule has 1 aromatic carbocycles. The highest BCUT2D eigenvalue weighted by atomic mass is 16.1. The van der Waals surface area contributed by atoms with E-state index in [1.807, 2.05) is 48.7 Å². The molecule has 0 saturated carbocycles. The molecule has 0 atom stereocenters. The normalized spacial score (nSPS) is 11.2. The number of hydrogen-bond acceptors (Lipinski definition) is 3. The largest absolute Gasteiger partial charge is 0.329 e. The van der Waals surface area contributed by atoms with E-state index in [4.69, 9.17) is 5.73 Å². The van der Waals surface area contributed by atoms with Gasteiger partial charge in [0.25, 0.3) is 5.56 Å². The molecule has 0 saturated heterocycles. The third-order valence-electron chi connectivity index (χ3n) is 3.76. The first-order valence-corrected chi connectivity index (χ1v) is 7.04. The van der Waals surface area contributed by atoms with Crippen LogP contribution in [0.15, 0.2) is 41.2 Å². The summed E-state index contributed by atoms with van der Waals surface area (Å²) in [7, 11) is 0. The van der Waals surface area contributed by atoms with Gasteiger partial charge in [-0.2, -0.15) is 9.61 Å². The molecule has 3 rings (SSSR count). The summed E-state index contributed by atoms with van der Waals surface area (Å²) in [6, 6.07) is 11.5. The molecule has 2 aromatic heterocycles. The van der Waals surface area contributed by atoms with E-state index in [9.17, 15) is 4.79 Å². The minimum atomic E-state index is -0.144. The summed E-state index contributed by atoms with van der Waals surface area (Å²) in [6.45, 7) is 5.15. The van der Waals surface area contributed by atoms with Gasteiger partial charge in [0.05, 0.1) is 5.69 Å². The van der Waals surface area contributed by atoms with Crippen LogP contribution in [0, 0.1) is 6.92 Å². The van der Waals surface area contributed by atoms with Crippen molar-refractivity contribution < 1.29 is 0 Å². The highest BCUT2D eigenvalue weighted by Crippen LogP contribution is 2.22. The van der Waals surface area contributed by atoms with Crippen LogP contribution in [0.3, 0.4) is 0 Å². The maximum absolute atomic E-state index is 12.2. The Morgan fingerprint density at radius 2 is 2.00 bits per heavy atom. The molecule has 0 radical (unpaired) electrons. The maximum atomic E-state index is 12.2. The van der Waals surface area contributed by atoms with Crippen molar-refractivity contribution >= 4 is 5.65 Å². The van der Waals surface area contributed by atoms with Gasteiger partial charge in [-0.1, -0.05) is 24.3 Å². The van der Waals surface area contributed by atoms with E-state index in [0.29, 0.717) is 6.54 Å². The smallest absolute Gasteiger partial charge is 0.274 e. The molecule has 0 aliphatic rings. The first kappa shape index (κ1) is 13.6. The first-order chi connectivity index (χ1) is 10.2. The van der Waals surface area contributed by atoms with E-state index >= 15 is 0 Å². The lowest BCUT2D eigenvalue weighted by Gasteiger charge is -2.10. The summed E-state index contributed by atoms with van der Waals surface area (Å²) in [5.41, 5.74) is 10.2. The molecule has 2 heterocycles. The van der Waals surface area contributed by atoms with Crippen molar-refractivity contribution in [1.82, 2.24) is 14.2 Å². The molecular weight excluding hydrogens is 264 g/mol. The lowest BCUT2D eigenvalue weighted by Crippen LogP contribution is -2.22. The van der Waals surface area contributed by atoms with Gasteiger partial charge in [0.2, 0.25) is 0 Å². The molecule has 0 spiro atoms. The fourth-order valence-corrected chi connectivity index (χ4v) is 2.68. The van der Waals surface area contributed by atoms with E-state index in [1.165, 1.54) is 4.52 Å². The quantitative estimate of drug-likeness (QED) is 0.798. The lowest BCUT2D eigenvalue weighted by atomic mass is 10.1. The standard InChI is InChI=1S/C16H18N4O/c1-3-19-12(10-17)8-16(21)20-15(19)9-14(18-20)13-7-5-4-6-11(13)2/h4-9H,3,10,17H2,1-2H3. The van der Waals surface area contributed by atoms with Crippen LogP contribution in [0.4, 0.5) is 0 Å². The van der Waals surface area contributed by atoms with Gasteiger partial charge in [-0.25, -0.2) is 0 Å². The molecule has 3 aromatic rings. The Bertz CT molecular complexity index is 860. The van der Waals surface area contributed by atoms with E-state index in [-0.39, 0.29) is 5.56 Å². The zero-order valence-electron chi connectivity index (χ0n) is 12.2. The second-order valence-electron chi connectivity index (χ2n) is 5.04. The van der Waals surface area contributed by atoms with E-state index in [2.05, 4.69) is 5.10 Å². The summed E-state index contributed by atoms with van der Waals surface area (Å²) in [4.78, 5) is 12.2. The van der Waals surface area contributed by atoms with Crippen molar-refractivity contribution in [2.24, 2.45) is 5.73 Å². The van der Waals surface area contributed by atoms with Crippen LogP contribution >= 0.6 is 0 Å². The number of nitrogens with zero attached hydrogens (tertiary/aromatic N) is 3. The van der Waals surface area contributed by atoms with Gasteiger partial charge in [0.15, 0.2) is 0 Å². The van der Waals surface area contributed by atoms with Crippen molar-refractivity contribution in [1.29, 1.82) is 0 Å². The van der Waals surface area contributed by atoms with Crippen LogP contribution in [0.25, 0.3) is 16.9 Å². The summed E-state index contributed by atoms with van der Waals surface area (Å²) in [6.07, 6.45) is 0. The molecule has 0 bridgehead atoms. The fourth-order valence-electron chi connectivity index (χ4n) is 2.68. The van der Waals surface area contributed by atoms with Crippen LogP contribution in [-0.2, 0) is 13.1 Å². The molecular formula is C16H18N4O. The molecule has 0 aliphatic heterocycles. The van der Waals surface area contributed by atoms with Crippen LogP contribution in [0.2, 0.25) is 0 Å². The first-order valence-electron chi connectivity index (χ1n) is 7.04. The number of hydrogen-bond donors (Lipinski definition) is 1. The average molecular weight is 282 g/mol. The van der Waals surface area contributed by atoms with Gasteiger partial charge < -0.3 is 10.3 Å². The maximum Gasteiger partial charge on any atom is 0.274 e. The van der Waals surface area contributed by atoms with Crippen molar-refractivity contribution in [2.45, 2.75) is 26.9 Å². The topological polar surface area (TPSA) is 65.3 Å². The van der Waals surface area contributed by atoms with Crippen LogP contribution in [0.5, 0.6) is 0 Å². The molecule has 5 nitrogen and oxygen atoms in total. The molecule has 0 aliphatic carbocycles. The summed E-state index contributed by atoms with van der Waals surface area (Å²) in [5.74, 6) is 0. The summed E-state index contributed by atoms with van der Waals surface area (Å²) < 4.78 is 3.47. The Morgan fingerprint density at radius 1 is 1.24 bits per heavy atom. The highest BCUT2D eigenvalue weighted by Gasteiger charge is 2.12. The Kier molecular flexibility index (Phi) is 3.35. The second kappa shape index (κ2) is 5.18. The summed E-state index contributed by atoms with van der Waals surface area (Å²) >= 11 is 0. The molecule has 0 unspecified atom stereocenters. The minimum Gasteiger partial charge on any atom is -0.329 e. The Morgan fingerprint density at radius 3 is 2.67 bits per heavy atom. The van der Waals surface area contributed by atoms with E-state index in [1.54, 1.807) is 6.07 Å². The second-order valence-corrected chi connectivity index (χ2v) is 5.04. The summed E-state index contributed by atoms with van der Waals surface area (Å²) in [5, 5.41) is 4.47. The number of nitrogens with two attached hydrogens (primary N) is 1. The fraction of sp³-hybridized carbons (Fsp3) is 0.250. The molecule has 21 heavy (non-hydrogen) atoms. The predicted molar refractivity (Wildman–Crippen MR) is 83.2 cm³/mol. The van der Waals surface area contributed by atoms with Crippen LogP contribution < -0.4 is 11.3 Å². The third-order valence-corrected chi connectivity index (χ3v) is 3.76. The molecule has 108 valence electrons. The number of rotatable bonds is 3. The Hall–Kier alpha value is -2.40. The van der Waals surface area contributed by atoms with Crippen molar-refractivity contribution in [3.05, 3.63) is 58.0 Å². The number of benzene rings is 1. The van der Waals surface area contributed by atoms with E-state index in [0.717, 1.165) is 34.7 Å². The Balaban J connectivity index is 2.32. The van der Waals surface area contributed by atoms with Gasteiger partial charge in [-0.3, -0.25) is 4.79 Å². The molecule has 0 amide bonds. The van der Waals surface area contributed by atoms with E-state index < -0.39 is 0 Å². The van der Waals surface area contributed by atoms with Crippen molar-refractivity contribution in [3.63, 3.8) is 0 Å². The van der Waals surface area contributed by atoms with Crippen molar-refractivity contribution in [2.75, 3.05) is 0 Å². The van der Waals surface area contributed by atoms with Gasteiger partial charge >= 0.3 is 0 Å². The lowest BCUT2D eigenvalue weighted by molar-refractivity contribution is 0.690. The number of aromatic nitrogens is 3. The molecule has 0 fully saturated rings. The molecule has 2 N–H and O–H groups in total. The number of fused-ring (bicyclic) bond motifs is 1. The number of aryl methyl sites for hydroxylation is 2. The predicted octanol–water partition coefficient (Wildman–Crippen LogP) is 1.95. The monoisotopic (exact) mass is 282 g/mol. The van der Waals surface area contributed by atoms with Gasteiger partial charge in [0, 0.05) is 36.5 Å². The van der Waals surface area contributed by atoms with Crippen LogP contribution in [0.1, 0.15) is 18.2 Å². The molecule has 5 heteroatoms. The highest BCUT2D eigenvalue weighted by molar-refractivity contribution is 5.67.